The summed E-state index contributed by atoms with van der Waals surface area (Å²) < 4.78 is 48.6. The number of aromatic nitrogens is 4. The summed E-state index contributed by atoms with van der Waals surface area (Å²) in [5.74, 6) is 0.431. The van der Waals surface area contributed by atoms with Crippen molar-refractivity contribution in [3.05, 3.63) is 71.7 Å². The van der Waals surface area contributed by atoms with E-state index in [2.05, 4.69) is 25.5 Å². The van der Waals surface area contributed by atoms with E-state index in [0.717, 1.165) is 40.0 Å². The van der Waals surface area contributed by atoms with Crippen molar-refractivity contribution in [1.29, 1.82) is 0 Å². The van der Waals surface area contributed by atoms with Gasteiger partial charge in [-0.05, 0) is 74.3 Å². The van der Waals surface area contributed by atoms with Gasteiger partial charge in [-0.3, -0.25) is 14.8 Å². The van der Waals surface area contributed by atoms with E-state index < -0.39 is 24.0 Å². The van der Waals surface area contributed by atoms with Gasteiger partial charge in [-0.2, -0.15) is 13.2 Å². The van der Waals surface area contributed by atoms with Crippen LogP contribution in [0.15, 0.2) is 53.2 Å². The second-order valence-electron chi connectivity index (χ2n) is 11.1. The molecule has 8 nitrogen and oxygen atoms in total. The lowest BCUT2D eigenvalue weighted by molar-refractivity contribution is -0.191. The molecule has 2 aliphatic rings. The second-order valence-corrected chi connectivity index (χ2v) is 11.1. The molecular weight excluding hydrogens is 533 g/mol. The van der Waals surface area contributed by atoms with E-state index in [0.29, 0.717) is 49.1 Å². The maximum atomic E-state index is 14.4. The molecule has 3 aromatic heterocycles. The summed E-state index contributed by atoms with van der Waals surface area (Å²) in [6, 6.07) is 7.81. The van der Waals surface area contributed by atoms with Crippen LogP contribution in [0.5, 0.6) is 0 Å². The van der Waals surface area contributed by atoms with Crippen molar-refractivity contribution in [1.82, 2.24) is 25.1 Å². The lowest BCUT2D eigenvalue weighted by Crippen LogP contribution is -2.43. The van der Waals surface area contributed by atoms with Crippen molar-refractivity contribution < 1.29 is 22.4 Å². The Morgan fingerprint density at radius 2 is 1.71 bits per heavy atom. The highest BCUT2D eigenvalue weighted by Gasteiger charge is 2.46. The van der Waals surface area contributed by atoms with Gasteiger partial charge in [0.15, 0.2) is 6.04 Å². The minimum absolute atomic E-state index is 0.00893. The van der Waals surface area contributed by atoms with Crippen molar-refractivity contribution >= 4 is 28.3 Å². The quantitative estimate of drug-likeness (QED) is 0.259. The third kappa shape index (κ3) is 5.62. The summed E-state index contributed by atoms with van der Waals surface area (Å²) in [5.41, 5.74) is 4.19. The first-order chi connectivity index (χ1) is 19.7. The molecule has 4 aromatic rings. The standard InChI is InChI=1S/C30H31F3N6O2/c1-17-37-38-28(41-17)20-7-9-21(10-8-20)29(40)39(2)27(30(31,32)33)19-11-13-22(14-12-19)36-24-16-35-23-4-3-15-34-26(23)25(24)18-5-6-18/h3-4,11-16,18,20-21,27,36H,5-10H2,1-2H3/t20?,21?,27-/m1/s1. The Labute approximate surface area is 235 Å². The summed E-state index contributed by atoms with van der Waals surface area (Å²) in [5, 5.41) is 11.3. The fourth-order valence-corrected chi connectivity index (χ4v) is 5.94. The number of hydrogen-bond acceptors (Lipinski definition) is 7. The lowest BCUT2D eigenvalue weighted by atomic mass is 9.81. The highest BCUT2D eigenvalue weighted by molar-refractivity contribution is 5.85. The van der Waals surface area contributed by atoms with Gasteiger partial charge in [0.1, 0.15) is 0 Å². The van der Waals surface area contributed by atoms with Gasteiger partial charge in [0.2, 0.25) is 17.7 Å². The number of nitrogens with zero attached hydrogens (tertiary/aromatic N) is 5. The predicted octanol–water partition coefficient (Wildman–Crippen LogP) is 6.98. The Kier molecular flexibility index (Phi) is 7.13. The second kappa shape index (κ2) is 10.8. The number of pyridine rings is 2. The number of nitrogens with one attached hydrogen (secondary N) is 1. The van der Waals surface area contributed by atoms with E-state index in [9.17, 15) is 18.0 Å². The lowest BCUT2D eigenvalue weighted by Gasteiger charge is -2.35. The van der Waals surface area contributed by atoms with Crippen LogP contribution in [0.3, 0.4) is 0 Å². The zero-order chi connectivity index (χ0) is 28.7. The number of carbonyl (C=O) groups excluding carboxylic acids is 1. The van der Waals surface area contributed by atoms with E-state index in [4.69, 9.17) is 4.42 Å². The normalized spacial score (nSPS) is 20.1. The van der Waals surface area contributed by atoms with E-state index in [1.807, 2.05) is 12.1 Å². The molecule has 0 unspecified atom stereocenters. The Hall–Kier alpha value is -4.02. The predicted molar refractivity (Wildman–Crippen MR) is 147 cm³/mol. The number of carbonyl (C=O) groups is 1. The van der Waals surface area contributed by atoms with Gasteiger partial charge in [-0.1, -0.05) is 12.1 Å². The Bertz CT molecular complexity index is 1540. The molecule has 3 heterocycles. The molecule has 2 aliphatic carbocycles. The minimum atomic E-state index is -4.63. The highest BCUT2D eigenvalue weighted by Crippen LogP contribution is 2.46. The smallest absolute Gasteiger partial charge is 0.413 e. The molecule has 1 N–H and O–H groups in total. The van der Waals surface area contributed by atoms with Crippen LogP contribution in [0.4, 0.5) is 24.5 Å². The van der Waals surface area contributed by atoms with Crippen LogP contribution >= 0.6 is 0 Å². The highest BCUT2D eigenvalue weighted by atomic mass is 19.4. The molecule has 0 aliphatic heterocycles. The summed E-state index contributed by atoms with van der Waals surface area (Å²) >= 11 is 0. The van der Waals surface area contributed by atoms with Crippen molar-refractivity contribution in [3.8, 4) is 0 Å². The van der Waals surface area contributed by atoms with Crippen LogP contribution < -0.4 is 5.32 Å². The largest absolute Gasteiger partial charge is 0.425 e. The maximum absolute atomic E-state index is 14.4. The van der Waals surface area contributed by atoms with Crippen LogP contribution in [0, 0.1) is 12.8 Å². The summed E-state index contributed by atoms with van der Waals surface area (Å²) in [4.78, 5) is 23.2. The minimum Gasteiger partial charge on any atom is -0.425 e. The van der Waals surface area contributed by atoms with Gasteiger partial charge in [-0.15, -0.1) is 10.2 Å². The molecule has 2 fully saturated rings. The van der Waals surface area contributed by atoms with Crippen LogP contribution in [0.25, 0.3) is 11.0 Å². The molecule has 0 bridgehead atoms. The molecule has 11 heteroatoms. The average Bonchev–Trinajstić information content (AvgIpc) is 3.71. The van der Waals surface area contributed by atoms with E-state index in [-0.39, 0.29) is 11.5 Å². The zero-order valence-electron chi connectivity index (χ0n) is 22.9. The van der Waals surface area contributed by atoms with E-state index in [1.54, 1.807) is 31.5 Å². The molecular formula is C30H31F3N6O2. The number of benzene rings is 1. The van der Waals surface area contributed by atoms with Gasteiger partial charge in [-0.25, -0.2) is 0 Å². The van der Waals surface area contributed by atoms with Gasteiger partial charge in [0, 0.05) is 43.3 Å². The third-order valence-electron chi connectivity index (χ3n) is 8.17. The van der Waals surface area contributed by atoms with Crippen molar-refractivity contribution in [2.45, 2.75) is 69.5 Å². The number of aryl methyl sites for hydroxylation is 1. The zero-order valence-corrected chi connectivity index (χ0v) is 22.9. The number of halogens is 3. The van der Waals surface area contributed by atoms with Gasteiger partial charge in [0.25, 0.3) is 0 Å². The monoisotopic (exact) mass is 564 g/mol. The number of hydrogen-bond donors (Lipinski definition) is 1. The van der Waals surface area contributed by atoms with Crippen molar-refractivity contribution in [2.24, 2.45) is 5.92 Å². The summed E-state index contributed by atoms with van der Waals surface area (Å²) in [6.45, 7) is 1.71. The van der Waals surface area contributed by atoms with E-state index >= 15 is 0 Å². The third-order valence-corrected chi connectivity index (χ3v) is 8.17. The maximum Gasteiger partial charge on any atom is 0.413 e. The van der Waals surface area contributed by atoms with Crippen molar-refractivity contribution in [3.63, 3.8) is 0 Å². The fourth-order valence-electron chi connectivity index (χ4n) is 5.94. The number of anilines is 2. The fraction of sp³-hybridized carbons (Fsp3) is 0.433. The topological polar surface area (TPSA) is 97.0 Å². The molecule has 1 amide bonds. The summed E-state index contributed by atoms with van der Waals surface area (Å²) in [6.07, 6.45) is 3.17. The molecule has 214 valence electrons. The number of fused-ring (bicyclic) bond motifs is 1. The van der Waals surface area contributed by atoms with Crippen LogP contribution in [-0.2, 0) is 4.79 Å². The van der Waals surface area contributed by atoms with Gasteiger partial charge < -0.3 is 14.6 Å². The van der Waals surface area contributed by atoms with Crippen LogP contribution in [0.2, 0.25) is 0 Å². The van der Waals surface area contributed by atoms with Crippen LogP contribution in [0.1, 0.15) is 79.3 Å². The number of rotatable bonds is 7. The molecule has 1 aromatic carbocycles. The number of amides is 1. The molecule has 0 radical (unpaired) electrons. The van der Waals surface area contributed by atoms with E-state index in [1.165, 1.54) is 19.2 Å². The van der Waals surface area contributed by atoms with Crippen LogP contribution in [-0.4, -0.2) is 44.2 Å². The molecule has 6 rings (SSSR count). The average molecular weight is 565 g/mol. The van der Waals surface area contributed by atoms with Gasteiger partial charge in [0.05, 0.1) is 22.9 Å². The first kappa shape index (κ1) is 27.2. The Morgan fingerprint density at radius 1 is 1.00 bits per heavy atom. The Balaban J connectivity index is 1.17. The molecule has 0 spiro atoms. The first-order valence-corrected chi connectivity index (χ1v) is 13.9. The summed E-state index contributed by atoms with van der Waals surface area (Å²) in [7, 11) is 1.25. The SMILES string of the molecule is Cc1nnc(C2CCC(C(=O)N(C)[C@H](c3ccc(Nc4cnc5cccnc5c4C4CC4)cc3)C(F)(F)F)CC2)o1. The molecule has 1 atom stereocenters. The molecule has 41 heavy (non-hydrogen) atoms. The Morgan fingerprint density at radius 3 is 2.34 bits per heavy atom. The van der Waals surface area contributed by atoms with Gasteiger partial charge >= 0.3 is 6.18 Å². The van der Waals surface area contributed by atoms with Crippen molar-refractivity contribution in [2.75, 3.05) is 12.4 Å². The molecule has 0 saturated heterocycles. The molecule has 2 saturated carbocycles. The number of alkyl halides is 3. The first-order valence-electron chi connectivity index (χ1n) is 13.9.